The molecule has 5 rings (SSSR count). The molecule has 1 fully saturated rings. The number of halogens is 4. The van der Waals surface area contributed by atoms with Crippen molar-refractivity contribution in [2.45, 2.75) is 19.1 Å². The van der Waals surface area contributed by atoms with Crippen molar-refractivity contribution in [3.8, 4) is 0 Å². The van der Waals surface area contributed by atoms with Crippen LogP contribution in [0.2, 0.25) is 5.02 Å². The number of hydrogen-bond acceptors (Lipinski definition) is 4. The smallest absolute Gasteiger partial charge is 0.367 e. The second kappa shape index (κ2) is 9.40. The van der Waals surface area contributed by atoms with Gasteiger partial charge >= 0.3 is 12.2 Å². The lowest BCUT2D eigenvalue weighted by Gasteiger charge is -2.27. The summed E-state index contributed by atoms with van der Waals surface area (Å²) >= 11 is 6.30. The van der Waals surface area contributed by atoms with Crippen molar-refractivity contribution in [3.05, 3.63) is 99.6 Å². The number of nitrogens with zero attached hydrogens (tertiary/aromatic N) is 2. The number of fused-ring (bicyclic) bond motifs is 1. The van der Waals surface area contributed by atoms with E-state index in [0.29, 0.717) is 28.1 Å². The quantitative estimate of drug-likeness (QED) is 0.356. The van der Waals surface area contributed by atoms with Gasteiger partial charge in [-0.25, -0.2) is 9.69 Å². The van der Waals surface area contributed by atoms with E-state index >= 15 is 0 Å². The molecule has 0 saturated carbocycles. The van der Waals surface area contributed by atoms with Gasteiger partial charge in [0.1, 0.15) is 5.57 Å². The number of rotatable bonds is 4. The molecule has 0 spiro atoms. The topological polar surface area (TPSA) is 69.7 Å². The molecule has 3 aromatic rings. The van der Waals surface area contributed by atoms with E-state index in [4.69, 9.17) is 11.6 Å². The van der Waals surface area contributed by atoms with Crippen LogP contribution in [0.3, 0.4) is 0 Å². The first-order valence-corrected chi connectivity index (χ1v) is 11.7. The standard InChI is InChI=1S/C27H19ClF3N3O3/c28-22-7-2-1-4-18(22)15-33-11-10-17-12-16(8-9-23(17)33)13-21-24(35)32-26(37)34(25(21)36)20-6-3-5-19(14-20)27(29,30)31/h1-9,12-14H,10-11,15H2,(H,32,35,37). The van der Waals surface area contributed by atoms with Crippen LogP contribution in [0.5, 0.6) is 0 Å². The molecule has 1 saturated heterocycles. The Morgan fingerprint density at radius 2 is 1.76 bits per heavy atom. The lowest BCUT2D eigenvalue weighted by Crippen LogP contribution is -2.54. The first-order chi connectivity index (χ1) is 17.6. The van der Waals surface area contributed by atoms with Crippen molar-refractivity contribution in [2.75, 3.05) is 16.3 Å². The minimum Gasteiger partial charge on any atom is -0.367 e. The number of anilines is 2. The Kier molecular flexibility index (Phi) is 6.25. The first-order valence-electron chi connectivity index (χ1n) is 11.3. The van der Waals surface area contributed by atoms with Crippen molar-refractivity contribution in [1.29, 1.82) is 0 Å². The van der Waals surface area contributed by atoms with Crippen molar-refractivity contribution in [3.63, 3.8) is 0 Å². The number of carbonyl (C=O) groups is 3. The maximum Gasteiger partial charge on any atom is 0.416 e. The molecule has 2 aliphatic rings. The number of barbiturate groups is 1. The lowest BCUT2D eigenvalue weighted by molar-refractivity contribution is -0.137. The van der Waals surface area contributed by atoms with Crippen LogP contribution in [0.1, 0.15) is 22.3 Å². The van der Waals surface area contributed by atoms with Crippen molar-refractivity contribution in [1.82, 2.24) is 5.32 Å². The summed E-state index contributed by atoms with van der Waals surface area (Å²) < 4.78 is 39.5. The Hall–Kier alpha value is -4.11. The van der Waals surface area contributed by atoms with Crippen LogP contribution in [0, 0.1) is 0 Å². The molecule has 0 radical (unpaired) electrons. The molecule has 6 nitrogen and oxygen atoms in total. The van der Waals surface area contributed by atoms with Crippen LogP contribution in [0.25, 0.3) is 6.08 Å². The van der Waals surface area contributed by atoms with Crippen LogP contribution < -0.4 is 15.1 Å². The SMILES string of the molecule is O=C1NC(=O)N(c2cccc(C(F)(F)F)c2)C(=O)C1=Cc1ccc2c(c1)CCN2Cc1ccccc1Cl. The molecule has 0 unspecified atom stereocenters. The van der Waals surface area contributed by atoms with E-state index in [1.807, 2.05) is 41.7 Å². The van der Waals surface area contributed by atoms with Crippen molar-refractivity contribution >= 4 is 46.9 Å². The van der Waals surface area contributed by atoms with Gasteiger partial charge in [0.05, 0.1) is 11.3 Å². The number of hydrogen-bond donors (Lipinski definition) is 1. The molecule has 0 aromatic heterocycles. The molecule has 0 aliphatic carbocycles. The van der Waals surface area contributed by atoms with E-state index in [1.54, 1.807) is 6.07 Å². The third-order valence-electron chi connectivity index (χ3n) is 6.26. The summed E-state index contributed by atoms with van der Waals surface area (Å²) in [6.45, 7) is 1.39. The number of amides is 4. The van der Waals surface area contributed by atoms with Gasteiger partial charge in [0.25, 0.3) is 11.8 Å². The van der Waals surface area contributed by atoms with Crippen LogP contribution >= 0.6 is 11.6 Å². The van der Waals surface area contributed by atoms with Gasteiger partial charge in [0.15, 0.2) is 0 Å². The normalized spacial score (nSPS) is 16.9. The van der Waals surface area contributed by atoms with Gasteiger partial charge in [-0.15, -0.1) is 0 Å². The van der Waals surface area contributed by atoms with Crippen LogP contribution in [0.15, 0.2) is 72.3 Å². The number of imide groups is 2. The van der Waals surface area contributed by atoms with E-state index < -0.39 is 29.6 Å². The number of carbonyl (C=O) groups excluding carboxylic acids is 3. The molecule has 188 valence electrons. The Bertz CT molecular complexity index is 1470. The second-order valence-electron chi connectivity index (χ2n) is 8.66. The Labute approximate surface area is 214 Å². The lowest BCUT2D eigenvalue weighted by atomic mass is 10.0. The summed E-state index contributed by atoms with van der Waals surface area (Å²) in [4.78, 5) is 40.7. The zero-order valence-corrected chi connectivity index (χ0v) is 19.9. The number of urea groups is 1. The maximum absolute atomic E-state index is 13.2. The van der Waals surface area contributed by atoms with Gasteiger partial charge in [0, 0.05) is 23.8 Å². The molecule has 2 heterocycles. The third-order valence-corrected chi connectivity index (χ3v) is 6.63. The van der Waals surface area contributed by atoms with Crippen LogP contribution in [0.4, 0.5) is 29.3 Å². The van der Waals surface area contributed by atoms with Gasteiger partial charge in [-0.2, -0.15) is 13.2 Å². The van der Waals surface area contributed by atoms with Gasteiger partial charge in [-0.05, 0) is 65.6 Å². The fourth-order valence-electron chi connectivity index (χ4n) is 4.46. The molecule has 0 bridgehead atoms. The minimum absolute atomic E-state index is 0.292. The van der Waals surface area contributed by atoms with Crippen LogP contribution in [-0.2, 0) is 28.7 Å². The summed E-state index contributed by atoms with van der Waals surface area (Å²) in [7, 11) is 0. The number of nitrogens with one attached hydrogen (secondary N) is 1. The highest BCUT2D eigenvalue weighted by molar-refractivity contribution is 6.39. The van der Waals surface area contributed by atoms with E-state index in [2.05, 4.69) is 4.90 Å². The molecule has 0 atom stereocenters. The zero-order chi connectivity index (χ0) is 26.3. The average molecular weight is 526 g/mol. The highest BCUT2D eigenvalue weighted by Gasteiger charge is 2.38. The molecule has 3 aromatic carbocycles. The van der Waals surface area contributed by atoms with Gasteiger partial charge < -0.3 is 4.90 Å². The van der Waals surface area contributed by atoms with E-state index in [0.717, 1.165) is 41.9 Å². The largest absolute Gasteiger partial charge is 0.416 e. The molecule has 10 heteroatoms. The summed E-state index contributed by atoms with van der Waals surface area (Å²) in [6.07, 6.45) is -2.59. The van der Waals surface area contributed by atoms with Gasteiger partial charge in [-0.3, -0.25) is 14.9 Å². The number of alkyl halides is 3. The fourth-order valence-corrected chi connectivity index (χ4v) is 4.65. The zero-order valence-electron chi connectivity index (χ0n) is 19.2. The summed E-state index contributed by atoms with van der Waals surface area (Å²) in [5, 5.41) is 2.72. The van der Waals surface area contributed by atoms with E-state index in [1.165, 1.54) is 12.1 Å². The monoisotopic (exact) mass is 525 g/mol. The molecule has 37 heavy (non-hydrogen) atoms. The Balaban J connectivity index is 1.42. The van der Waals surface area contributed by atoms with E-state index in [-0.39, 0.29) is 11.3 Å². The summed E-state index contributed by atoms with van der Waals surface area (Å²) in [5.41, 5.74) is 1.89. The molecule has 2 aliphatic heterocycles. The summed E-state index contributed by atoms with van der Waals surface area (Å²) in [5.74, 6) is -1.92. The molecule has 1 N–H and O–H groups in total. The predicted octanol–water partition coefficient (Wildman–Crippen LogP) is 5.59. The first kappa shape index (κ1) is 24.6. The maximum atomic E-state index is 13.2. The summed E-state index contributed by atoms with van der Waals surface area (Å²) in [6, 6.07) is 15.8. The Morgan fingerprint density at radius 1 is 0.973 bits per heavy atom. The highest BCUT2D eigenvalue weighted by atomic mass is 35.5. The van der Waals surface area contributed by atoms with Crippen LogP contribution in [-0.4, -0.2) is 24.4 Å². The molecular formula is C27H19ClF3N3O3. The third kappa shape index (κ3) is 4.82. The Morgan fingerprint density at radius 3 is 2.51 bits per heavy atom. The number of benzene rings is 3. The second-order valence-corrected chi connectivity index (χ2v) is 9.06. The predicted molar refractivity (Wildman–Crippen MR) is 133 cm³/mol. The van der Waals surface area contributed by atoms with Crippen molar-refractivity contribution in [2.24, 2.45) is 0 Å². The molecular weight excluding hydrogens is 507 g/mol. The minimum atomic E-state index is -4.66. The van der Waals surface area contributed by atoms with Crippen molar-refractivity contribution < 1.29 is 27.6 Å². The highest BCUT2D eigenvalue weighted by Crippen LogP contribution is 2.34. The van der Waals surface area contributed by atoms with E-state index in [9.17, 15) is 27.6 Å². The van der Waals surface area contributed by atoms with Gasteiger partial charge in [-0.1, -0.05) is 41.9 Å². The van der Waals surface area contributed by atoms with Gasteiger partial charge in [0.2, 0.25) is 0 Å². The molecule has 4 amide bonds. The fraction of sp³-hybridized carbons (Fsp3) is 0.148. The average Bonchev–Trinajstić information content (AvgIpc) is 3.24.